The maximum atomic E-state index is 12.8. The molecular formula is C11H8F5NO2. The van der Waals surface area contributed by atoms with Gasteiger partial charge in [0.1, 0.15) is 12.4 Å². The average Bonchev–Trinajstić information content (AvgIpc) is 2.71. The molecule has 0 radical (unpaired) electrons. The summed E-state index contributed by atoms with van der Waals surface area (Å²) in [6.45, 7) is -0.182. The summed E-state index contributed by atoms with van der Waals surface area (Å²) >= 11 is 0. The van der Waals surface area contributed by atoms with E-state index in [1.807, 2.05) is 0 Å². The van der Waals surface area contributed by atoms with Crippen molar-refractivity contribution in [3.63, 3.8) is 0 Å². The monoisotopic (exact) mass is 281 g/mol. The van der Waals surface area contributed by atoms with Gasteiger partial charge in [-0.05, 0) is 6.07 Å². The van der Waals surface area contributed by atoms with Crippen LogP contribution in [0.2, 0.25) is 0 Å². The number of benzene rings is 1. The standard InChI is InChI=1S/C11H8F5NO2/c12-10(13,11(14,15)16)9(18)17-7-5-19-8-4-2-1-3-6(7)8/h1-4,7H,5H2,(H,17,18). The topological polar surface area (TPSA) is 38.3 Å². The molecule has 0 bridgehead atoms. The molecule has 0 saturated heterocycles. The third-order valence-corrected chi connectivity index (χ3v) is 2.65. The number of para-hydroxylation sites is 1. The van der Waals surface area contributed by atoms with E-state index >= 15 is 0 Å². The lowest BCUT2D eigenvalue weighted by molar-refractivity contribution is -0.270. The zero-order valence-electron chi connectivity index (χ0n) is 9.30. The van der Waals surface area contributed by atoms with Crippen molar-refractivity contribution < 1.29 is 31.5 Å². The zero-order valence-corrected chi connectivity index (χ0v) is 9.30. The van der Waals surface area contributed by atoms with Crippen LogP contribution in [0.5, 0.6) is 5.75 Å². The predicted octanol–water partition coefficient (Wildman–Crippen LogP) is 2.43. The summed E-state index contributed by atoms with van der Waals surface area (Å²) in [7, 11) is 0. The second-order valence-corrected chi connectivity index (χ2v) is 3.95. The van der Waals surface area contributed by atoms with Crippen LogP contribution in [-0.4, -0.2) is 24.6 Å². The highest BCUT2D eigenvalue weighted by Gasteiger charge is 2.63. The Morgan fingerprint density at radius 2 is 1.84 bits per heavy atom. The maximum Gasteiger partial charge on any atom is 0.463 e. The molecule has 19 heavy (non-hydrogen) atoms. The number of alkyl halides is 5. The zero-order chi connectivity index (χ0) is 14.3. The third kappa shape index (κ3) is 2.34. The van der Waals surface area contributed by atoms with E-state index in [0.717, 1.165) is 0 Å². The summed E-state index contributed by atoms with van der Waals surface area (Å²) < 4.78 is 66.7. The normalized spacial score (nSPS) is 18.7. The number of carbonyl (C=O) groups is 1. The van der Waals surface area contributed by atoms with E-state index in [1.54, 1.807) is 17.4 Å². The first-order valence-electron chi connectivity index (χ1n) is 5.20. The van der Waals surface area contributed by atoms with Crippen molar-refractivity contribution in [1.82, 2.24) is 5.32 Å². The molecular weight excluding hydrogens is 273 g/mol. The Morgan fingerprint density at radius 1 is 1.21 bits per heavy atom. The average molecular weight is 281 g/mol. The summed E-state index contributed by atoms with van der Waals surface area (Å²) in [5, 5.41) is 1.65. The van der Waals surface area contributed by atoms with Crippen LogP contribution in [0, 0.1) is 0 Å². The first kappa shape index (κ1) is 13.6. The molecule has 1 aromatic carbocycles. The van der Waals surface area contributed by atoms with E-state index in [9.17, 15) is 26.7 Å². The number of halogens is 5. The minimum Gasteiger partial charge on any atom is -0.491 e. The second-order valence-electron chi connectivity index (χ2n) is 3.95. The van der Waals surface area contributed by atoms with Gasteiger partial charge in [-0.15, -0.1) is 0 Å². The second kappa shape index (κ2) is 4.36. The number of ether oxygens (including phenoxy) is 1. The van der Waals surface area contributed by atoms with Crippen molar-refractivity contribution in [2.24, 2.45) is 0 Å². The van der Waals surface area contributed by atoms with Crippen LogP contribution in [0.1, 0.15) is 11.6 Å². The van der Waals surface area contributed by atoms with E-state index in [1.165, 1.54) is 12.1 Å². The molecule has 104 valence electrons. The van der Waals surface area contributed by atoms with Gasteiger partial charge < -0.3 is 10.1 Å². The summed E-state index contributed by atoms with van der Waals surface area (Å²) in [6, 6.07) is 5.18. The molecule has 3 nitrogen and oxygen atoms in total. The van der Waals surface area contributed by atoms with Gasteiger partial charge in [0.15, 0.2) is 0 Å². The van der Waals surface area contributed by atoms with E-state index in [-0.39, 0.29) is 6.61 Å². The molecule has 1 unspecified atom stereocenters. The number of amides is 1. The molecule has 0 fully saturated rings. The van der Waals surface area contributed by atoms with Crippen molar-refractivity contribution in [2.75, 3.05) is 6.61 Å². The molecule has 1 aliphatic heterocycles. The minimum atomic E-state index is -5.92. The van der Waals surface area contributed by atoms with Gasteiger partial charge in [0.2, 0.25) is 0 Å². The molecule has 0 aliphatic carbocycles. The van der Waals surface area contributed by atoms with Gasteiger partial charge in [-0.3, -0.25) is 4.79 Å². The highest BCUT2D eigenvalue weighted by atomic mass is 19.4. The van der Waals surface area contributed by atoms with Crippen molar-refractivity contribution in [3.05, 3.63) is 29.8 Å². The fourth-order valence-electron chi connectivity index (χ4n) is 1.66. The van der Waals surface area contributed by atoms with E-state index in [4.69, 9.17) is 4.74 Å². The Labute approximate surface area is 104 Å². The number of fused-ring (bicyclic) bond motifs is 1. The van der Waals surface area contributed by atoms with Gasteiger partial charge >= 0.3 is 18.0 Å². The van der Waals surface area contributed by atoms with Crippen molar-refractivity contribution in [1.29, 1.82) is 0 Å². The number of nitrogens with one attached hydrogen (secondary N) is 1. The maximum absolute atomic E-state index is 12.8. The Morgan fingerprint density at radius 3 is 2.47 bits per heavy atom. The predicted molar refractivity (Wildman–Crippen MR) is 53.8 cm³/mol. The van der Waals surface area contributed by atoms with Crippen LogP contribution in [0.15, 0.2) is 24.3 Å². The highest BCUT2D eigenvalue weighted by Crippen LogP contribution is 2.37. The fourth-order valence-corrected chi connectivity index (χ4v) is 1.66. The van der Waals surface area contributed by atoms with Gasteiger partial charge in [0, 0.05) is 5.56 Å². The van der Waals surface area contributed by atoms with E-state index in [2.05, 4.69) is 0 Å². The van der Waals surface area contributed by atoms with E-state index < -0.39 is 24.0 Å². The van der Waals surface area contributed by atoms with Crippen LogP contribution < -0.4 is 10.1 Å². The Hall–Kier alpha value is -1.86. The molecule has 8 heteroatoms. The number of hydrogen-bond donors (Lipinski definition) is 1. The van der Waals surface area contributed by atoms with Gasteiger partial charge in [-0.2, -0.15) is 22.0 Å². The van der Waals surface area contributed by atoms with Crippen LogP contribution in [0.3, 0.4) is 0 Å². The molecule has 1 N–H and O–H groups in total. The lowest BCUT2D eigenvalue weighted by Crippen LogP contribution is -2.51. The van der Waals surface area contributed by atoms with Crippen LogP contribution in [-0.2, 0) is 4.79 Å². The lowest BCUT2D eigenvalue weighted by atomic mass is 10.1. The Kier molecular flexibility index (Phi) is 3.11. The third-order valence-electron chi connectivity index (χ3n) is 2.65. The lowest BCUT2D eigenvalue weighted by Gasteiger charge is -2.20. The number of hydrogen-bond acceptors (Lipinski definition) is 2. The van der Waals surface area contributed by atoms with Crippen LogP contribution in [0.25, 0.3) is 0 Å². The summed E-state index contributed by atoms with van der Waals surface area (Å²) in [5.41, 5.74) is 0.369. The molecule has 0 aromatic heterocycles. The van der Waals surface area contributed by atoms with Gasteiger partial charge in [0.25, 0.3) is 0 Å². The van der Waals surface area contributed by atoms with Crippen molar-refractivity contribution in [3.8, 4) is 5.75 Å². The molecule has 1 aromatic rings. The molecule has 0 spiro atoms. The quantitative estimate of drug-likeness (QED) is 0.845. The Bertz CT molecular complexity index is 500. The Balaban J connectivity index is 2.14. The van der Waals surface area contributed by atoms with E-state index in [0.29, 0.717) is 11.3 Å². The smallest absolute Gasteiger partial charge is 0.463 e. The first-order valence-corrected chi connectivity index (χ1v) is 5.20. The molecule has 1 heterocycles. The van der Waals surface area contributed by atoms with Crippen molar-refractivity contribution >= 4 is 5.91 Å². The SMILES string of the molecule is O=C(NC1COc2ccccc21)C(F)(F)C(F)(F)F. The summed E-state index contributed by atoms with van der Waals surface area (Å²) in [4.78, 5) is 11.0. The molecule has 0 saturated carbocycles. The van der Waals surface area contributed by atoms with Crippen LogP contribution >= 0.6 is 0 Å². The number of carbonyl (C=O) groups excluding carboxylic acids is 1. The summed E-state index contributed by atoms with van der Waals surface area (Å²) in [5.74, 6) is -7.46. The van der Waals surface area contributed by atoms with Gasteiger partial charge in [0.05, 0.1) is 6.04 Å². The fraction of sp³-hybridized carbons (Fsp3) is 0.364. The molecule has 1 aliphatic rings. The molecule has 1 amide bonds. The van der Waals surface area contributed by atoms with Gasteiger partial charge in [-0.25, -0.2) is 0 Å². The van der Waals surface area contributed by atoms with Crippen molar-refractivity contribution in [2.45, 2.75) is 18.1 Å². The number of rotatable bonds is 2. The minimum absolute atomic E-state index is 0.182. The molecule has 1 atom stereocenters. The molecule has 2 rings (SSSR count). The largest absolute Gasteiger partial charge is 0.491 e. The first-order chi connectivity index (χ1) is 8.73. The van der Waals surface area contributed by atoms with Crippen LogP contribution in [0.4, 0.5) is 22.0 Å². The van der Waals surface area contributed by atoms with Gasteiger partial charge in [-0.1, -0.05) is 18.2 Å². The highest BCUT2D eigenvalue weighted by molar-refractivity contribution is 5.84. The summed E-state index contributed by atoms with van der Waals surface area (Å²) in [6.07, 6.45) is -5.92.